The van der Waals surface area contributed by atoms with Gasteiger partial charge in [0.15, 0.2) is 0 Å². The molecule has 0 aromatic heterocycles. The van der Waals surface area contributed by atoms with Crippen molar-refractivity contribution in [1.29, 1.82) is 0 Å². The van der Waals surface area contributed by atoms with Crippen LogP contribution in [0.15, 0.2) is 0 Å². The molecule has 0 spiro atoms. The Labute approximate surface area is 40.9 Å². The molecule has 0 bridgehead atoms. The summed E-state index contributed by atoms with van der Waals surface area (Å²) >= 11 is 0. The summed E-state index contributed by atoms with van der Waals surface area (Å²) < 4.78 is 4.28. The number of aliphatic hydroxyl groups excluding tert-OH is 1. The molecule has 40 valence electrons. The number of rotatable bonds is 0. The van der Waals surface area contributed by atoms with Crippen LogP contribution >= 0.6 is 0 Å². The van der Waals surface area contributed by atoms with Crippen LogP contribution < -0.4 is 0 Å². The van der Waals surface area contributed by atoms with E-state index < -0.39 is 6.29 Å². The normalized spacial score (nSPS) is 30.4. The molecule has 0 aromatic carbocycles. The summed E-state index contributed by atoms with van der Waals surface area (Å²) in [5, 5.41) is 8.46. The van der Waals surface area contributed by atoms with Crippen molar-refractivity contribution >= 4 is 5.97 Å². The average Bonchev–Trinajstić information content (AvgIpc) is 1.87. The maximum absolute atomic E-state index is 10.1. The van der Waals surface area contributed by atoms with E-state index in [1.54, 1.807) is 0 Å². The van der Waals surface area contributed by atoms with Crippen LogP contribution in [0.3, 0.4) is 0 Å². The first kappa shape index (κ1) is 4.59. The molecule has 0 amide bonds. The standard InChI is InChI=1S/C4H6O3/c5-3-1-2-4(6)7-3/h3,5H,1-2H2. The second kappa shape index (κ2) is 1.50. The molecule has 7 heavy (non-hydrogen) atoms. The maximum Gasteiger partial charge on any atom is 0.308 e. The topological polar surface area (TPSA) is 46.5 Å². The van der Waals surface area contributed by atoms with Crippen molar-refractivity contribution in [3.05, 3.63) is 0 Å². The van der Waals surface area contributed by atoms with Gasteiger partial charge in [-0.25, -0.2) is 0 Å². The van der Waals surface area contributed by atoms with Crippen molar-refractivity contribution in [1.82, 2.24) is 0 Å². The van der Waals surface area contributed by atoms with E-state index in [9.17, 15) is 4.79 Å². The summed E-state index contributed by atoms with van der Waals surface area (Å²) in [5.41, 5.74) is 0. The Morgan fingerprint density at radius 3 is 2.71 bits per heavy atom. The number of ether oxygens (including phenoxy) is 1. The summed E-state index contributed by atoms with van der Waals surface area (Å²) in [6.45, 7) is 0. The van der Waals surface area contributed by atoms with Gasteiger partial charge in [0.05, 0.1) is 6.42 Å². The Morgan fingerprint density at radius 2 is 2.57 bits per heavy atom. The monoisotopic (exact) mass is 102 g/mol. The lowest BCUT2D eigenvalue weighted by Gasteiger charge is -1.94. The van der Waals surface area contributed by atoms with Crippen molar-refractivity contribution in [2.45, 2.75) is 19.1 Å². The minimum Gasteiger partial charge on any atom is -0.436 e. The molecule has 1 aliphatic heterocycles. The number of cyclic esters (lactones) is 1. The van der Waals surface area contributed by atoms with E-state index >= 15 is 0 Å². The Morgan fingerprint density at radius 1 is 1.86 bits per heavy atom. The van der Waals surface area contributed by atoms with Gasteiger partial charge in [0.2, 0.25) is 6.29 Å². The minimum atomic E-state index is -0.826. The zero-order chi connectivity index (χ0) is 5.28. The van der Waals surface area contributed by atoms with Crippen molar-refractivity contribution in [2.24, 2.45) is 0 Å². The van der Waals surface area contributed by atoms with Crippen molar-refractivity contribution in [3.63, 3.8) is 0 Å². The molecule has 3 heteroatoms. The number of carbonyl (C=O) groups excluding carboxylic acids is 1. The molecule has 1 saturated heterocycles. The molecule has 3 nitrogen and oxygen atoms in total. The fourth-order valence-electron chi connectivity index (χ4n) is 0.511. The molecule has 1 aliphatic rings. The van der Waals surface area contributed by atoms with E-state index in [0.717, 1.165) is 0 Å². The number of aliphatic hydroxyl groups is 1. The summed E-state index contributed by atoms with van der Waals surface area (Å²) in [7, 11) is 0. The SMILES string of the molecule is O=C1CCC(O)O1. The van der Waals surface area contributed by atoms with Crippen LogP contribution in [0.1, 0.15) is 12.8 Å². The highest BCUT2D eigenvalue weighted by Crippen LogP contribution is 2.09. The van der Waals surface area contributed by atoms with Crippen LogP contribution in [-0.4, -0.2) is 17.4 Å². The fraction of sp³-hybridized carbons (Fsp3) is 0.750. The summed E-state index contributed by atoms with van der Waals surface area (Å²) in [4.78, 5) is 10.1. The van der Waals surface area contributed by atoms with Gasteiger partial charge in [-0.3, -0.25) is 4.79 Å². The van der Waals surface area contributed by atoms with Gasteiger partial charge in [0, 0.05) is 6.42 Å². The number of esters is 1. The molecule has 0 radical (unpaired) electrons. The molecule has 0 saturated carbocycles. The fourth-order valence-corrected chi connectivity index (χ4v) is 0.511. The number of hydrogen-bond donors (Lipinski definition) is 1. The number of carbonyl (C=O) groups is 1. The van der Waals surface area contributed by atoms with Crippen LogP contribution in [0.4, 0.5) is 0 Å². The van der Waals surface area contributed by atoms with Gasteiger partial charge >= 0.3 is 5.97 Å². The highest BCUT2D eigenvalue weighted by atomic mass is 16.6. The summed E-state index contributed by atoms with van der Waals surface area (Å²) in [6, 6.07) is 0. The van der Waals surface area contributed by atoms with E-state index in [1.807, 2.05) is 0 Å². The molecule has 1 unspecified atom stereocenters. The Hall–Kier alpha value is -0.570. The van der Waals surface area contributed by atoms with Gasteiger partial charge in [-0.05, 0) is 0 Å². The predicted octanol–water partition coefficient (Wildman–Crippen LogP) is -0.358. The van der Waals surface area contributed by atoms with Crippen LogP contribution in [0.2, 0.25) is 0 Å². The van der Waals surface area contributed by atoms with Crippen LogP contribution in [0, 0.1) is 0 Å². The molecule has 1 fully saturated rings. The Balaban J connectivity index is 2.40. The molecule has 1 rings (SSSR count). The van der Waals surface area contributed by atoms with Crippen molar-refractivity contribution in [2.75, 3.05) is 0 Å². The smallest absolute Gasteiger partial charge is 0.308 e. The van der Waals surface area contributed by atoms with Crippen LogP contribution in [0.25, 0.3) is 0 Å². The lowest BCUT2D eigenvalue weighted by Crippen LogP contribution is -2.03. The zero-order valence-corrected chi connectivity index (χ0v) is 3.76. The van der Waals surface area contributed by atoms with Gasteiger partial charge in [-0.2, -0.15) is 0 Å². The second-order valence-electron chi connectivity index (χ2n) is 1.48. The molecular weight excluding hydrogens is 96.0 g/mol. The third-order valence-electron chi connectivity index (χ3n) is 0.863. The second-order valence-corrected chi connectivity index (χ2v) is 1.48. The molecule has 1 N–H and O–H groups in total. The van der Waals surface area contributed by atoms with Crippen LogP contribution in [0.5, 0.6) is 0 Å². The highest BCUT2D eigenvalue weighted by molar-refractivity contribution is 5.71. The van der Waals surface area contributed by atoms with E-state index in [0.29, 0.717) is 12.8 Å². The molecule has 0 aliphatic carbocycles. The van der Waals surface area contributed by atoms with Gasteiger partial charge in [0.1, 0.15) is 0 Å². The van der Waals surface area contributed by atoms with Gasteiger partial charge < -0.3 is 9.84 Å². The van der Waals surface area contributed by atoms with Crippen molar-refractivity contribution < 1.29 is 14.6 Å². The zero-order valence-electron chi connectivity index (χ0n) is 3.76. The first-order valence-electron chi connectivity index (χ1n) is 2.16. The van der Waals surface area contributed by atoms with Gasteiger partial charge in [-0.1, -0.05) is 0 Å². The Kier molecular flexibility index (Phi) is 0.982. The maximum atomic E-state index is 10.1. The average molecular weight is 102 g/mol. The van der Waals surface area contributed by atoms with Crippen molar-refractivity contribution in [3.8, 4) is 0 Å². The summed E-state index contributed by atoms with van der Waals surface area (Å²) in [5.74, 6) is -0.299. The van der Waals surface area contributed by atoms with E-state index in [-0.39, 0.29) is 5.97 Å². The molecule has 1 atom stereocenters. The largest absolute Gasteiger partial charge is 0.436 e. The lowest BCUT2D eigenvalue weighted by atomic mass is 10.4. The van der Waals surface area contributed by atoms with E-state index in [4.69, 9.17) is 5.11 Å². The third kappa shape index (κ3) is 0.899. The first-order chi connectivity index (χ1) is 3.29. The molecule has 1 heterocycles. The predicted molar refractivity (Wildman–Crippen MR) is 21.3 cm³/mol. The minimum absolute atomic E-state index is 0.299. The lowest BCUT2D eigenvalue weighted by molar-refractivity contribution is -0.153. The van der Waals surface area contributed by atoms with Gasteiger partial charge in [-0.15, -0.1) is 0 Å². The Bertz CT molecular complexity index is 88.9. The van der Waals surface area contributed by atoms with Gasteiger partial charge in [0.25, 0.3) is 0 Å². The van der Waals surface area contributed by atoms with Crippen LogP contribution in [-0.2, 0) is 9.53 Å². The number of hydrogen-bond acceptors (Lipinski definition) is 3. The molecule has 0 aromatic rings. The quantitative estimate of drug-likeness (QED) is 0.425. The molecular formula is C4H6O3. The summed E-state index contributed by atoms with van der Waals surface area (Å²) in [6.07, 6.45) is -0.00694. The van der Waals surface area contributed by atoms with E-state index in [2.05, 4.69) is 4.74 Å². The van der Waals surface area contributed by atoms with E-state index in [1.165, 1.54) is 0 Å². The highest BCUT2D eigenvalue weighted by Gasteiger charge is 2.19. The first-order valence-corrected chi connectivity index (χ1v) is 2.16. The third-order valence-corrected chi connectivity index (χ3v) is 0.863.